The van der Waals surface area contributed by atoms with Gasteiger partial charge in [0.25, 0.3) is 0 Å². The smallest absolute Gasteiger partial charge is 0.160 e. The van der Waals surface area contributed by atoms with E-state index in [2.05, 4.69) is 4.98 Å². The number of phenolic OH excluding ortho intramolecular Hbond substituents is 1. The van der Waals surface area contributed by atoms with Gasteiger partial charge in [0.1, 0.15) is 5.52 Å². The minimum atomic E-state index is 0. The van der Waals surface area contributed by atoms with Crippen LogP contribution in [0.3, 0.4) is 0 Å². The summed E-state index contributed by atoms with van der Waals surface area (Å²) in [6.45, 7) is 0. The van der Waals surface area contributed by atoms with Crippen molar-refractivity contribution in [3.63, 3.8) is 0 Å². The molecule has 0 bridgehead atoms. The molecule has 0 aliphatic heterocycles. The first-order valence-corrected chi connectivity index (χ1v) is 3.89. The summed E-state index contributed by atoms with van der Waals surface area (Å²) in [5.41, 5.74) is 0.546. The summed E-state index contributed by atoms with van der Waals surface area (Å²) in [7, 11) is 0. The molecule has 0 unspecified atom stereocenters. The second kappa shape index (κ2) is 3.94. The van der Waals surface area contributed by atoms with Crippen molar-refractivity contribution in [1.29, 1.82) is 0 Å². The third-order valence-electron chi connectivity index (χ3n) is 1.70. The van der Waals surface area contributed by atoms with Crippen LogP contribution in [0.5, 0.6) is 5.75 Å². The van der Waals surface area contributed by atoms with Crippen molar-refractivity contribution < 1.29 is 5.11 Å². The summed E-state index contributed by atoms with van der Waals surface area (Å²) in [5, 5.41) is 10.7. The van der Waals surface area contributed by atoms with Gasteiger partial charge in [0.2, 0.25) is 0 Å². The molecule has 13 heavy (non-hydrogen) atoms. The second-order valence-corrected chi connectivity index (χ2v) is 2.88. The van der Waals surface area contributed by atoms with Crippen LogP contribution in [-0.4, -0.2) is 10.1 Å². The fourth-order valence-electron chi connectivity index (χ4n) is 1.11. The second-order valence-electron chi connectivity index (χ2n) is 2.47. The van der Waals surface area contributed by atoms with Gasteiger partial charge in [-0.15, -0.1) is 17.0 Å². The molecule has 0 aliphatic carbocycles. The summed E-state index contributed by atoms with van der Waals surface area (Å²) in [4.78, 5) is 4.01. The largest absolute Gasteiger partial charge is 0.504 e. The Labute approximate surface area is 90.9 Å². The Morgan fingerprint density at radius 2 is 2.00 bits per heavy atom. The molecule has 2 rings (SSSR count). The van der Waals surface area contributed by atoms with Crippen molar-refractivity contribution >= 4 is 39.5 Å². The van der Waals surface area contributed by atoms with Crippen molar-refractivity contribution in [2.75, 3.05) is 0 Å². The Morgan fingerprint density at radius 1 is 1.23 bits per heavy atom. The molecule has 2 aromatic rings. The van der Waals surface area contributed by atoms with Gasteiger partial charge >= 0.3 is 0 Å². The maximum atomic E-state index is 9.46. The quantitative estimate of drug-likeness (QED) is 0.789. The van der Waals surface area contributed by atoms with E-state index in [9.17, 15) is 5.11 Å². The van der Waals surface area contributed by atoms with Gasteiger partial charge in [-0.25, -0.2) is 0 Å². The molecule has 1 aromatic carbocycles. The number of nitrogens with zero attached hydrogens (tertiary/aromatic N) is 1. The molecule has 1 aromatic heterocycles. The predicted octanol–water partition coefficient (Wildman–Crippen LogP) is 3.17. The van der Waals surface area contributed by atoms with E-state index < -0.39 is 0 Å². The molecule has 4 heteroatoms. The number of fused-ring (bicyclic) bond motifs is 1. The van der Waals surface area contributed by atoms with Crippen LogP contribution in [-0.2, 0) is 0 Å². The lowest BCUT2D eigenvalue weighted by Crippen LogP contribution is -1.78. The SMILES string of the molecule is Br.Oc1c(Cl)ccc2cccnc12. The summed E-state index contributed by atoms with van der Waals surface area (Å²) >= 11 is 5.70. The van der Waals surface area contributed by atoms with Crippen LogP contribution in [0.2, 0.25) is 5.02 Å². The van der Waals surface area contributed by atoms with Crippen LogP contribution < -0.4 is 0 Å². The average Bonchev–Trinajstić information content (AvgIpc) is 2.12. The maximum Gasteiger partial charge on any atom is 0.160 e. The highest BCUT2D eigenvalue weighted by Gasteiger charge is 2.03. The van der Waals surface area contributed by atoms with Crippen molar-refractivity contribution in [3.8, 4) is 5.75 Å². The molecule has 0 radical (unpaired) electrons. The van der Waals surface area contributed by atoms with Crippen LogP contribution in [0, 0.1) is 0 Å². The van der Waals surface area contributed by atoms with E-state index >= 15 is 0 Å². The van der Waals surface area contributed by atoms with E-state index in [1.165, 1.54) is 0 Å². The van der Waals surface area contributed by atoms with Gasteiger partial charge in [0, 0.05) is 11.6 Å². The number of hydrogen-bond donors (Lipinski definition) is 1. The summed E-state index contributed by atoms with van der Waals surface area (Å²) < 4.78 is 0. The summed E-state index contributed by atoms with van der Waals surface area (Å²) in [6, 6.07) is 7.17. The maximum absolute atomic E-state index is 9.46. The zero-order valence-corrected chi connectivity index (χ0v) is 9.04. The topological polar surface area (TPSA) is 33.1 Å². The number of rotatable bonds is 0. The highest BCUT2D eigenvalue weighted by atomic mass is 79.9. The third-order valence-corrected chi connectivity index (χ3v) is 2.00. The Balaban J connectivity index is 0.000000845. The molecular formula is C9H7BrClNO. The van der Waals surface area contributed by atoms with Crippen LogP contribution in [0.15, 0.2) is 30.5 Å². The van der Waals surface area contributed by atoms with Crippen molar-refractivity contribution in [1.82, 2.24) is 4.98 Å². The molecule has 0 spiro atoms. The molecular weight excluding hydrogens is 253 g/mol. The first kappa shape index (κ1) is 10.3. The number of aromatic hydroxyl groups is 1. The summed E-state index contributed by atoms with van der Waals surface area (Å²) in [6.07, 6.45) is 1.62. The van der Waals surface area contributed by atoms with Crippen LogP contribution in [0.1, 0.15) is 0 Å². The Morgan fingerprint density at radius 3 is 2.77 bits per heavy atom. The number of aromatic nitrogens is 1. The molecule has 2 nitrogen and oxygen atoms in total. The van der Waals surface area contributed by atoms with Gasteiger partial charge in [0.15, 0.2) is 5.75 Å². The molecule has 0 fully saturated rings. The lowest BCUT2D eigenvalue weighted by atomic mass is 10.2. The standard InChI is InChI=1S/C9H6ClNO.BrH/c10-7-4-3-6-2-1-5-11-8(6)9(7)12;/h1-5,12H;1H. The molecule has 0 amide bonds. The van der Waals surface area contributed by atoms with Gasteiger partial charge in [-0.2, -0.15) is 0 Å². The highest BCUT2D eigenvalue weighted by molar-refractivity contribution is 8.93. The predicted molar refractivity (Wildman–Crippen MR) is 58.7 cm³/mol. The van der Waals surface area contributed by atoms with Crippen molar-refractivity contribution in [2.24, 2.45) is 0 Å². The first-order chi connectivity index (χ1) is 5.79. The zero-order chi connectivity index (χ0) is 8.55. The average molecular weight is 261 g/mol. The Hall–Kier alpha value is -0.800. The Kier molecular flexibility index (Phi) is 3.12. The molecule has 0 saturated heterocycles. The van der Waals surface area contributed by atoms with E-state index in [1.54, 1.807) is 12.3 Å². The number of benzene rings is 1. The molecule has 1 N–H and O–H groups in total. The van der Waals surface area contributed by atoms with E-state index in [0.717, 1.165) is 5.39 Å². The summed E-state index contributed by atoms with van der Waals surface area (Å²) in [5.74, 6) is 0.0507. The fraction of sp³-hybridized carbons (Fsp3) is 0. The molecule has 1 heterocycles. The number of pyridine rings is 1. The van der Waals surface area contributed by atoms with Gasteiger partial charge in [-0.1, -0.05) is 23.7 Å². The van der Waals surface area contributed by atoms with E-state index in [-0.39, 0.29) is 22.7 Å². The van der Waals surface area contributed by atoms with E-state index in [4.69, 9.17) is 11.6 Å². The van der Waals surface area contributed by atoms with Gasteiger partial charge in [0.05, 0.1) is 5.02 Å². The lowest BCUT2D eigenvalue weighted by molar-refractivity contribution is 0.480. The van der Waals surface area contributed by atoms with Crippen LogP contribution >= 0.6 is 28.6 Å². The minimum Gasteiger partial charge on any atom is -0.504 e. The van der Waals surface area contributed by atoms with E-state index in [0.29, 0.717) is 10.5 Å². The molecule has 0 aliphatic rings. The van der Waals surface area contributed by atoms with Crippen LogP contribution in [0.4, 0.5) is 0 Å². The van der Waals surface area contributed by atoms with Crippen molar-refractivity contribution in [2.45, 2.75) is 0 Å². The fourth-order valence-corrected chi connectivity index (χ4v) is 1.26. The zero-order valence-electron chi connectivity index (χ0n) is 6.57. The Bertz CT molecular complexity index is 433. The number of phenols is 1. The van der Waals surface area contributed by atoms with Crippen molar-refractivity contribution in [3.05, 3.63) is 35.5 Å². The minimum absolute atomic E-state index is 0. The first-order valence-electron chi connectivity index (χ1n) is 3.51. The number of halogens is 2. The monoisotopic (exact) mass is 259 g/mol. The molecule has 0 saturated carbocycles. The van der Waals surface area contributed by atoms with E-state index in [1.807, 2.05) is 18.2 Å². The highest BCUT2D eigenvalue weighted by Crippen LogP contribution is 2.29. The van der Waals surface area contributed by atoms with Gasteiger partial charge < -0.3 is 5.11 Å². The number of hydrogen-bond acceptors (Lipinski definition) is 2. The van der Waals surface area contributed by atoms with Crippen LogP contribution in [0.25, 0.3) is 10.9 Å². The third kappa shape index (κ3) is 1.76. The molecule has 68 valence electrons. The normalized spacial score (nSPS) is 9.62. The van der Waals surface area contributed by atoms with Gasteiger partial charge in [-0.05, 0) is 12.1 Å². The van der Waals surface area contributed by atoms with Gasteiger partial charge in [-0.3, -0.25) is 4.98 Å². The molecule has 0 atom stereocenters. The lowest BCUT2D eigenvalue weighted by Gasteiger charge is -2.00.